The first-order valence-corrected chi connectivity index (χ1v) is 11.5. The fourth-order valence-electron chi connectivity index (χ4n) is 3.52. The Kier molecular flexibility index (Phi) is 7.20. The van der Waals surface area contributed by atoms with Gasteiger partial charge in [-0.1, -0.05) is 17.7 Å². The highest BCUT2D eigenvalue weighted by molar-refractivity contribution is 6.33. The summed E-state index contributed by atoms with van der Waals surface area (Å²) in [5, 5.41) is 7.92. The van der Waals surface area contributed by atoms with E-state index in [4.69, 9.17) is 16.3 Å². The van der Waals surface area contributed by atoms with E-state index in [0.29, 0.717) is 37.0 Å². The van der Waals surface area contributed by atoms with Crippen LogP contribution < -0.4 is 15.6 Å². The molecule has 0 aliphatic carbocycles. The molecule has 12 heteroatoms. The van der Waals surface area contributed by atoms with E-state index < -0.39 is 5.82 Å². The van der Waals surface area contributed by atoms with Gasteiger partial charge >= 0.3 is 0 Å². The van der Waals surface area contributed by atoms with E-state index in [1.165, 1.54) is 12.5 Å². The summed E-state index contributed by atoms with van der Waals surface area (Å²) >= 11 is 6.46. The Morgan fingerprint density at radius 3 is 2.58 bits per heavy atom. The van der Waals surface area contributed by atoms with Crippen LogP contribution in [0.1, 0.15) is 5.69 Å². The summed E-state index contributed by atoms with van der Waals surface area (Å²) in [4.78, 5) is 22.4. The van der Waals surface area contributed by atoms with Crippen LogP contribution in [0.4, 0.5) is 27.5 Å². The second kappa shape index (κ2) is 11.0. The van der Waals surface area contributed by atoms with Crippen LogP contribution in [0, 0.1) is 5.82 Å². The molecule has 4 aromatic rings. The first-order chi connectivity index (χ1) is 17.7. The third kappa shape index (κ3) is 5.70. The third-order valence-electron chi connectivity index (χ3n) is 5.33. The molecule has 0 atom stereocenters. The predicted octanol–water partition coefficient (Wildman–Crippen LogP) is 4.15. The van der Waals surface area contributed by atoms with Crippen molar-refractivity contribution in [3.8, 4) is 11.1 Å². The molecule has 1 saturated heterocycles. The Bertz CT molecular complexity index is 1350. The van der Waals surface area contributed by atoms with Crippen LogP contribution in [0.5, 0.6) is 0 Å². The van der Waals surface area contributed by atoms with Crippen molar-refractivity contribution in [1.82, 2.24) is 24.9 Å². The lowest BCUT2D eigenvalue weighted by molar-refractivity contribution is 0.122. The van der Waals surface area contributed by atoms with E-state index in [2.05, 4.69) is 40.8 Å². The molecule has 0 spiro atoms. The number of nitrogens with one attached hydrogen (secondary N) is 2. The summed E-state index contributed by atoms with van der Waals surface area (Å²) in [7, 11) is 0. The molecule has 10 nitrogen and oxygen atoms in total. The summed E-state index contributed by atoms with van der Waals surface area (Å²) < 4.78 is 19.5. The molecule has 0 unspecified atom stereocenters. The molecule has 5 rings (SSSR count). The van der Waals surface area contributed by atoms with Crippen molar-refractivity contribution >= 4 is 41.0 Å². The fourth-order valence-corrected chi connectivity index (χ4v) is 3.75. The summed E-state index contributed by atoms with van der Waals surface area (Å²) in [6, 6.07) is 9.33. The Hall–Kier alpha value is -4.22. The van der Waals surface area contributed by atoms with Crippen LogP contribution in [-0.4, -0.2) is 57.4 Å². The molecule has 1 fully saturated rings. The molecule has 0 bridgehead atoms. The van der Waals surface area contributed by atoms with E-state index >= 15 is 0 Å². The van der Waals surface area contributed by atoms with Gasteiger partial charge in [-0.15, -0.1) is 0 Å². The van der Waals surface area contributed by atoms with E-state index in [1.54, 1.807) is 24.7 Å². The second-order valence-electron chi connectivity index (χ2n) is 7.75. The van der Waals surface area contributed by atoms with Gasteiger partial charge in [-0.25, -0.2) is 24.8 Å². The molecule has 0 saturated carbocycles. The summed E-state index contributed by atoms with van der Waals surface area (Å²) in [5.41, 5.74) is 6.63. The SMILES string of the molecule is Fc1cnc(N/N=C/c2ccc(Nc3ccc(-c4cncnc4)cc3Cl)cn2)nc1N1CCOCC1. The first kappa shape index (κ1) is 23.5. The molecular weight excluding hydrogens is 485 g/mol. The van der Waals surface area contributed by atoms with E-state index in [0.717, 1.165) is 28.7 Å². The van der Waals surface area contributed by atoms with Crippen molar-refractivity contribution in [3.63, 3.8) is 0 Å². The summed E-state index contributed by atoms with van der Waals surface area (Å²) in [6.07, 6.45) is 9.26. The molecular formula is C24H21ClFN9O. The fraction of sp³-hybridized carbons (Fsp3) is 0.167. The molecule has 1 aliphatic heterocycles. The minimum atomic E-state index is -0.486. The van der Waals surface area contributed by atoms with Gasteiger partial charge in [-0.2, -0.15) is 10.1 Å². The van der Waals surface area contributed by atoms with Crippen molar-refractivity contribution in [2.24, 2.45) is 5.10 Å². The number of nitrogens with zero attached hydrogens (tertiary/aromatic N) is 7. The van der Waals surface area contributed by atoms with Crippen molar-refractivity contribution in [2.45, 2.75) is 0 Å². The van der Waals surface area contributed by atoms with Gasteiger partial charge < -0.3 is 15.0 Å². The number of hydrogen-bond acceptors (Lipinski definition) is 10. The van der Waals surface area contributed by atoms with Crippen LogP contribution in [0.25, 0.3) is 11.1 Å². The average Bonchev–Trinajstić information content (AvgIpc) is 2.93. The number of ether oxygens (including phenoxy) is 1. The van der Waals surface area contributed by atoms with Crippen molar-refractivity contribution in [2.75, 3.05) is 41.9 Å². The van der Waals surface area contributed by atoms with Gasteiger partial charge in [0.2, 0.25) is 5.95 Å². The third-order valence-corrected chi connectivity index (χ3v) is 5.64. The van der Waals surface area contributed by atoms with Gasteiger partial charge in [0.25, 0.3) is 0 Å². The number of rotatable bonds is 7. The number of hydrazone groups is 1. The molecule has 1 aromatic carbocycles. The quantitative estimate of drug-likeness (QED) is 0.282. The van der Waals surface area contributed by atoms with E-state index in [1.807, 2.05) is 29.2 Å². The average molecular weight is 506 g/mol. The van der Waals surface area contributed by atoms with Crippen LogP contribution in [0.3, 0.4) is 0 Å². The topological polar surface area (TPSA) is 113 Å². The maximum atomic E-state index is 14.2. The molecule has 1 aliphatic rings. The van der Waals surface area contributed by atoms with Crippen LogP contribution in [-0.2, 0) is 4.74 Å². The largest absolute Gasteiger partial charge is 0.378 e. The molecule has 0 amide bonds. The highest BCUT2D eigenvalue weighted by Gasteiger charge is 2.17. The molecule has 4 heterocycles. The Labute approximate surface area is 211 Å². The normalized spacial score (nSPS) is 13.7. The zero-order valence-corrected chi connectivity index (χ0v) is 19.7. The lowest BCUT2D eigenvalue weighted by Crippen LogP contribution is -2.37. The first-order valence-electron chi connectivity index (χ1n) is 11.1. The van der Waals surface area contributed by atoms with Gasteiger partial charge in [-0.3, -0.25) is 4.98 Å². The molecule has 0 radical (unpaired) electrons. The minimum Gasteiger partial charge on any atom is -0.378 e. The Morgan fingerprint density at radius 2 is 1.83 bits per heavy atom. The van der Waals surface area contributed by atoms with E-state index in [9.17, 15) is 4.39 Å². The van der Waals surface area contributed by atoms with Gasteiger partial charge in [0.1, 0.15) is 6.33 Å². The number of halogens is 2. The lowest BCUT2D eigenvalue weighted by Gasteiger charge is -2.27. The molecule has 3 aromatic heterocycles. The number of pyridine rings is 1. The van der Waals surface area contributed by atoms with Gasteiger partial charge in [0.05, 0.1) is 53.9 Å². The highest BCUT2D eigenvalue weighted by atomic mass is 35.5. The monoisotopic (exact) mass is 505 g/mol. The number of anilines is 4. The molecule has 2 N–H and O–H groups in total. The number of hydrogen-bond donors (Lipinski definition) is 2. The molecule has 182 valence electrons. The Balaban J connectivity index is 1.20. The van der Waals surface area contributed by atoms with Crippen molar-refractivity contribution in [1.29, 1.82) is 0 Å². The zero-order chi connectivity index (χ0) is 24.7. The summed E-state index contributed by atoms with van der Waals surface area (Å²) in [6.45, 7) is 2.19. The highest BCUT2D eigenvalue weighted by Crippen LogP contribution is 2.30. The predicted molar refractivity (Wildman–Crippen MR) is 136 cm³/mol. The number of benzene rings is 1. The maximum Gasteiger partial charge on any atom is 0.245 e. The zero-order valence-electron chi connectivity index (χ0n) is 19.0. The van der Waals surface area contributed by atoms with Crippen molar-refractivity contribution < 1.29 is 9.13 Å². The second-order valence-corrected chi connectivity index (χ2v) is 8.16. The maximum absolute atomic E-state index is 14.2. The summed E-state index contributed by atoms with van der Waals surface area (Å²) in [5.74, 6) is -0.0732. The smallest absolute Gasteiger partial charge is 0.245 e. The molecule has 36 heavy (non-hydrogen) atoms. The van der Waals surface area contributed by atoms with Gasteiger partial charge in [0, 0.05) is 31.0 Å². The standard InChI is InChI=1S/C24H21ClFN9O/c25-20-9-16(17-10-27-15-28-11-17)1-4-22(20)32-19-3-2-18(29-12-19)13-31-34-24-30-14-21(26)23(33-24)35-5-7-36-8-6-35/h1-4,9-15,32H,5-8H2,(H,30,33,34)/b31-13+. The van der Waals surface area contributed by atoms with Crippen LogP contribution in [0.15, 0.2) is 66.5 Å². The van der Waals surface area contributed by atoms with Gasteiger partial charge in [0.15, 0.2) is 11.6 Å². The van der Waals surface area contributed by atoms with E-state index in [-0.39, 0.29) is 11.8 Å². The minimum absolute atomic E-state index is 0.188. The number of aromatic nitrogens is 5. The van der Waals surface area contributed by atoms with Gasteiger partial charge in [-0.05, 0) is 29.8 Å². The van der Waals surface area contributed by atoms with Crippen molar-refractivity contribution in [3.05, 3.63) is 78.0 Å². The lowest BCUT2D eigenvalue weighted by atomic mass is 10.1. The number of morpholine rings is 1. The Morgan fingerprint density at radius 1 is 1.00 bits per heavy atom. The van der Waals surface area contributed by atoms with Crippen LogP contribution in [0.2, 0.25) is 5.02 Å². The van der Waals surface area contributed by atoms with Crippen LogP contribution >= 0.6 is 11.6 Å².